The molecular formula is C39H53N2O4Se2+. The molecule has 1 aliphatic rings. The molecule has 0 radical (unpaired) electrons. The van der Waals surface area contributed by atoms with Crippen LogP contribution in [0.1, 0.15) is 120 Å². The number of benzene rings is 2. The van der Waals surface area contributed by atoms with Crippen LogP contribution in [0.4, 0.5) is 5.69 Å². The summed E-state index contributed by atoms with van der Waals surface area (Å²) in [6.45, 7) is 2.13. The van der Waals surface area contributed by atoms with Crippen LogP contribution >= 0.6 is 0 Å². The van der Waals surface area contributed by atoms with E-state index in [4.69, 9.17) is 10.2 Å². The number of unbranched alkanes of at least 4 members (excludes halogenated alkanes) is 14. The van der Waals surface area contributed by atoms with Crippen LogP contribution in [0.5, 0.6) is 0 Å². The number of allylic oxidation sites excluding steroid dienone is 2. The Morgan fingerprint density at radius 3 is 1.89 bits per heavy atom. The number of carboxylic acid groups (broad SMARTS) is 2. The van der Waals surface area contributed by atoms with E-state index in [9.17, 15) is 9.59 Å². The summed E-state index contributed by atoms with van der Waals surface area (Å²) in [7, 11) is 0. The molecule has 6 nitrogen and oxygen atoms in total. The number of aryl methyl sites for hydroxylation is 1. The van der Waals surface area contributed by atoms with Crippen LogP contribution in [0.3, 0.4) is 0 Å². The number of anilines is 1. The average Bonchev–Trinajstić information content (AvgIpc) is 3.59. The normalized spacial score (nSPS) is 13.7. The first kappa shape index (κ1) is 37.2. The zero-order valence-electron chi connectivity index (χ0n) is 27.9. The van der Waals surface area contributed by atoms with Crippen LogP contribution in [0.15, 0.2) is 65.3 Å². The number of carbonyl (C=O) groups is 2. The Bertz CT molecular complexity index is 1460. The van der Waals surface area contributed by atoms with Crippen molar-refractivity contribution in [1.29, 1.82) is 0 Å². The molecule has 0 atom stereocenters. The predicted octanol–water partition coefficient (Wildman–Crippen LogP) is 8.08. The van der Waals surface area contributed by atoms with Crippen LogP contribution in [0.25, 0.3) is 15.9 Å². The molecule has 3 aromatic rings. The van der Waals surface area contributed by atoms with Gasteiger partial charge in [-0.3, -0.25) is 9.59 Å². The molecule has 254 valence electrons. The molecule has 47 heavy (non-hydrogen) atoms. The van der Waals surface area contributed by atoms with Crippen LogP contribution < -0.4 is 13.9 Å². The number of carboxylic acids is 2. The third kappa shape index (κ3) is 13.1. The van der Waals surface area contributed by atoms with E-state index < -0.39 is 11.9 Å². The first-order chi connectivity index (χ1) is 23.0. The van der Waals surface area contributed by atoms with Gasteiger partial charge in [-0.2, -0.15) is 0 Å². The van der Waals surface area contributed by atoms with Gasteiger partial charge in [0.15, 0.2) is 0 Å². The Kier molecular flexibility index (Phi) is 16.9. The van der Waals surface area contributed by atoms with E-state index in [0.717, 1.165) is 51.6 Å². The van der Waals surface area contributed by atoms with Crippen molar-refractivity contribution >= 4 is 67.4 Å². The maximum absolute atomic E-state index is 10.7. The van der Waals surface area contributed by atoms with Gasteiger partial charge in [0.05, 0.1) is 0 Å². The number of nitrogens with zero attached hydrogens (tertiary/aromatic N) is 2. The van der Waals surface area contributed by atoms with Gasteiger partial charge < -0.3 is 10.2 Å². The van der Waals surface area contributed by atoms with Gasteiger partial charge >= 0.3 is 275 Å². The molecule has 0 amide bonds. The molecule has 0 bridgehead atoms. The van der Waals surface area contributed by atoms with E-state index in [0.29, 0.717) is 42.3 Å². The molecule has 0 spiro atoms. The van der Waals surface area contributed by atoms with Crippen molar-refractivity contribution in [2.75, 3.05) is 11.4 Å². The van der Waals surface area contributed by atoms with Crippen LogP contribution in [-0.2, 0) is 16.1 Å². The third-order valence-corrected chi connectivity index (χ3v) is 13.5. The van der Waals surface area contributed by atoms with Crippen LogP contribution in [0.2, 0.25) is 0 Å². The van der Waals surface area contributed by atoms with E-state index in [2.05, 4.69) is 76.2 Å². The number of fused-ring (bicyclic) bond motifs is 2. The number of rotatable bonds is 24. The topological polar surface area (TPSA) is 81.7 Å². The molecular weight excluding hydrogens is 718 g/mol. The summed E-state index contributed by atoms with van der Waals surface area (Å²) >= 11 is 0.641. The van der Waals surface area contributed by atoms with Gasteiger partial charge in [-0.05, 0) is 0 Å². The van der Waals surface area contributed by atoms with E-state index in [1.54, 1.807) is 0 Å². The molecule has 1 aliphatic heterocycles. The van der Waals surface area contributed by atoms with Gasteiger partial charge in [-0.1, -0.05) is 0 Å². The minimum atomic E-state index is -0.678. The molecule has 0 fully saturated rings. The van der Waals surface area contributed by atoms with E-state index >= 15 is 0 Å². The molecule has 0 saturated carbocycles. The fourth-order valence-electron chi connectivity index (χ4n) is 6.24. The van der Waals surface area contributed by atoms with E-state index in [-0.39, 0.29) is 0 Å². The molecule has 8 heteroatoms. The number of aliphatic carboxylic acids is 2. The first-order valence-electron chi connectivity index (χ1n) is 17.8. The number of hydrogen-bond donors (Lipinski definition) is 2. The summed E-state index contributed by atoms with van der Waals surface area (Å²) < 4.78 is 8.42. The van der Waals surface area contributed by atoms with Gasteiger partial charge in [0.2, 0.25) is 0 Å². The average molecular weight is 772 g/mol. The summed E-state index contributed by atoms with van der Waals surface area (Å²) in [6.07, 6.45) is 25.9. The Balaban J connectivity index is 1.27. The molecule has 2 heterocycles. The number of para-hydroxylation sites is 2. The van der Waals surface area contributed by atoms with Crippen molar-refractivity contribution in [3.63, 3.8) is 0 Å². The Morgan fingerprint density at radius 2 is 1.23 bits per heavy atom. The van der Waals surface area contributed by atoms with Crippen molar-refractivity contribution in [3.8, 4) is 0 Å². The number of aromatic nitrogens is 1. The minimum absolute atomic E-state index is 0.303. The summed E-state index contributed by atoms with van der Waals surface area (Å²) in [6, 6.07) is 17.8. The monoisotopic (exact) mass is 773 g/mol. The quantitative estimate of drug-likeness (QED) is 0.0547. The zero-order valence-corrected chi connectivity index (χ0v) is 31.3. The molecule has 1 aromatic heterocycles. The first-order valence-corrected chi connectivity index (χ1v) is 21.2. The van der Waals surface area contributed by atoms with E-state index in [1.165, 1.54) is 93.3 Å². The standard InChI is InChI=1S/C39H52N2O4Se2/c42-38(43)28-13-9-5-1-3-7-11-19-30-40-32-22-15-17-24-34(32)46-36(40)26-21-27-37-41(33-23-16-18-25-35(33)47-37)31-20-12-8-4-2-6-10-14-29-39(44)45/h15-18,21-27H,1-14,19-20,28-31H2,(H-,42,43,44,45)/p+1. The van der Waals surface area contributed by atoms with Crippen molar-refractivity contribution < 1.29 is 24.4 Å². The van der Waals surface area contributed by atoms with Crippen molar-refractivity contribution in [2.24, 2.45) is 0 Å². The zero-order chi connectivity index (χ0) is 33.1. The van der Waals surface area contributed by atoms with Gasteiger partial charge in [0.1, 0.15) is 0 Å². The summed E-state index contributed by atoms with van der Waals surface area (Å²) in [5.41, 5.74) is 2.77. The SMILES string of the molecule is O=C(O)CCCCCCCCCCN1/C(=C\C=C\c2[se]c3ccccc3[n+]2CCCCCCCCCCC(=O)O)[Se]c2ccccc21. The Labute approximate surface area is 293 Å². The van der Waals surface area contributed by atoms with Gasteiger partial charge in [-0.25, -0.2) is 0 Å². The fourth-order valence-corrected chi connectivity index (χ4v) is 10.9. The van der Waals surface area contributed by atoms with Gasteiger partial charge in [0.25, 0.3) is 0 Å². The van der Waals surface area contributed by atoms with Crippen molar-refractivity contribution in [3.05, 3.63) is 69.8 Å². The third-order valence-electron chi connectivity index (χ3n) is 8.80. The molecule has 4 rings (SSSR count). The molecule has 0 aliphatic carbocycles. The van der Waals surface area contributed by atoms with Crippen LogP contribution in [-0.4, -0.2) is 58.2 Å². The van der Waals surface area contributed by atoms with Gasteiger partial charge in [0, 0.05) is 0 Å². The molecule has 2 aromatic carbocycles. The predicted molar refractivity (Wildman–Crippen MR) is 196 cm³/mol. The summed E-state index contributed by atoms with van der Waals surface area (Å²) in [5.74, 6) is -1.36. The van der Waals surface area contributed by atoms with Crippen molar-refractivity contribution in [1.82, 2.24) is 0 Å². The van der Waals surface area contributed by atoms with Crippen LogP contribution in [0, 0.1) is 0 Å². The second-order valence-corrected chi connectivity index (χ2v) is 17.0. The summed E-state index contributed by atoms with van der Waals surface area (Å²) in [4.78, 5) is 23.9. The van der Waals surface area contributed by atoms with E-state index in [1.807, 2.05) is 0 Å². The molecule has 2 N–H and O–H groups in total. The second-order valence-electron chi connectivity index (χ2n) is 12.6. The Hall–Kier alpha value is -2.63. The summed E-state index contributed by atoms with van der Waals surface area (Å²) in [5, 5.41) is 17.6. The fraction of sp³-hybridized carbons (Fsp3) is 0.513. The Morgan fingerprint density at radius 1 is 0.681 bits per heavy atom. The molecule has 0 saturated heterocycles. The van der Waals surface area contributed by atoms with Gasteiger partial charge in [-0.15, -0.1) is 0 Å². The number of hydrogen-bond acceptors (Lipinski definition) is 3. The molecule has 0 unspecified atom stereocenters. The second kappa shape index (κ2) is 21.4. The maximum atomic E-state index is 10.7. The van der Waals surface area contributed by atoms with Crippen molar-refractivity contribution in [2.45, 2.75) is 122 Å².